The topological polar surface area (TPSA) is 71.5 Å². The minimum atomic E-state index is -0.998. The molecule has 0 aliphatic carbocycles. The van der Waals surface area contributed by atoms with Crippen molar-refractivity contribution >= 4 is 17.6 Å². The van der Waals surface area contributed by atoms with Crippen LogP contribution in [0.25, 0.3) is 11.1 Å². The van der Waals surface area contributed by atoms with Crippen LogP contribution in [0.4, 0.5) is 0 Å². The molecule has 1 aromatic heterocycles. The van der Waals surface area contributed by atoms with Crippen LogP contribution in [0.1, 0.15) is 10.4 Å². The molecule has 0 saturated heterocycles. The molecule has 2 aromatic rings. The Morgan fingerprint density at radius 3 is 2.84 bits per heavy atom. The molecule has 0 atom stereocenters. The average molecular weight is 280 g/mol. The number of ether oxygens (including phenoxy) is 2. The first-order chi connectivity index (χ1) is 9.16. The maximum absolute atomic E-state index is 11.1. The van der Waals surface area contributed by atoms with E-state index in [9.17, 15) is 4.79 Å². The third-order valence-electron chi connectivity index (χ3n) is 2.88. The molecule has 19 heavy (non-hydrogen) atoms. The van der Waals surface area contributed by atoms with E-state index in [4.69, 9.17) is 26.2 Å². The average Bonchev–Trinajstić information content (AvgIpc) is 2.88. The fraction of sp³-hybridized carbons (Fsp3) is 0.154. The Bertz CT molecular complexity index is 650. The van der Waals surface area contributed by atoms with Crippen molar-refractivity contribution in [3.63, 3.8) is 0 Å². The molecule has 0 bridgehead atoms. The van der Waals surface area contributed by atoms with Gasteiger partial charge in [0.05, 0.1) is 10.6 Å². The van der Waals surface area contributed by atoms with Crippen molar-refractivity contribution in [1.82, 2.24) is 4.98 Å². The van der Waals surface area contributed by atoms with E-state index in [0.29, 0.717) is 40.9 Å². The van der Waals surface area contributed by atoms with Crippen molar-refractivity contribution < 1.29 is 19.4 Å². The Kier molecular flexibility index (Phi) is 2.83. The van der Waals surface area contributed by atoms with Crippen molar-refractivity contribution in [3.05, 3.63) is 35.1 Å². The highest BCUT2D eigenvalue weighted by Gasteiger charge is 2.20. The van der Waals surface area contributed by atoms with Gasteiger partial charge in [0.25, 0.3) is 0 Å². The molecular weight excluding hydrogens is 270 g/mol. The highest BCUT2D eigenvalue weighted by atomic mass is 35.5. The van der Waals surface area contributed by atoms with E-state index in [1.165, 1.54) is 6.20 Å². The summed E-state index contributed by atoms with van der Waals surface area (Å²) in [7, 11) is 0. The van der Waals surface area contributed by atoms with Gasteiger partial charge in [0.1, 0.15) is 13.2 Å². The van der Waals surface area contributed by atoms with Gasteiger partial charge in [-0.3, -0.25) is 0 Å². The molecule has 3 rings (SSSR count). The van der Waals surface area contributed by atoms with Crippen molar-refractivity contribution in [2.75, 3.05) is 13.2 Å². The number of aromatic nitrogens is 1. The molecule has 0 spiro atoms. The van der Waals surface area contributed by atoms with Crippen LogP contribution in [0, 0.1) is 0 Å². The number of carboxylic acid groups (broad SMARTS) is 1. The highest BCUT2D eigenvalue weighted by Crippen LogP contribution is 2.41. The van der Waals surface area contributed by atoms with Crippen LogP contribution in [0.15, 0.2) is 24.5 Å². The largest absolute Gasteiger partial charge is 0.486 e. The number of aromatic amines is 1. The van der Waals surface area contributed by atoms with Gasteiger partial charge in [-0.25, -0.2) is 4.79 Å². The van der Waals surface area contributed by atoms with E-state index in [-0.39, 0.29) is 5.56 Å². The lowest BCUT2D eigenvalue weighted by Crippen LogP contribution is -2.15. The number of H-pyrrole nitrogens is 1. The second-order valence-corrected chi connectivity index (χ2v) is 4.48. The number of hydrogen-bond donors (Lipinski definition) is 2. The van der Waals surface area contributed by atoms with E-state index in [2.05, 4.69) is 4.98 Å². The van der Waals surface area contributed by atoms with Gasteiger partial charge < -0.3 is 19.6 Å². The van der Waals surface area contributed by atoms with E-state index in [1.54, 1.807) is 18.3 Å². The summed E-state index contributed by atoms with van der Waals surface area (Å²) in [5.41, 5.74) is 1.42. The molecule has 0 saturated carbocycles. The van der Waals surface area contributed by atoms with Crippen molar-refractivity contribution in [2.45, 2.75) is 0 Å². The van der Waals surface area contributed by atoms with Gasteiger partial charge in [-0.15, -0.1) is 0 Å². The number of halogens is 1. The number of carboxylic acids is 1. The standard InChI is InChI=1S/C13H10ClNO4/c14-10-3-7(4-11-12(10)19-2-1-18-11)8-5-15-6-9(8)13(16)17/h3-6,15H,1-2H2,(H,16,17). The highest BCUT2D eigenvalue weighted by molar-refractivity contribution is 6.32. The molecule has 6 heteroatoms. The van der Waals surface area contributed by atoms with Crippen molar-refractivity contribution in [1.29, 1.82) is 0 Å². The number of rotatable bonds is 2. The maximum Gasteiger partial charge on any atom is 0.337 e. The molecule has 1 aliphatic heterocycles. The van der Waals surface area contributed by atoms with Gasteiger partial charge in [-0.1, -0.05) is 11.6 Å². The number of nitrogens with one attached hydrogen (secondary N) is 1. The number of hydrogen-bond acceptors (Lipinski definition) is 3. The molecule has 1 aromatic carbocycles. The number of carbonyl (C=O) groups is 1. The Hall–Kier alpha value is -2.14. The van der Waals surface area contributed by atoms with Crippen LogP contribution < -0.4 is 9.47 Å². The first-order valence-corrected chi connectivity index (χ1v) is 6.04. The predicted molar refractivity (Wildman–Crippen MR) is 69.2 cm³/mol. The summed E-state index contributed by atoms with van der Waals surface area (Å²) < 4.78 is 10.9. The summed E-state index contributed by atoms with van der Waals surface area (Å²) in [4.78, 5) is 13.9. The number of benzene rings is 1. The van der Waals surface area contributed by atoms with Gasteiger partial charge in [-0.05, 0) is 17.7 Å². The van der Waals surface area contributed by atoms with Gasteiger partial charge in [0.15, 0.2) is 11.5 Å². The van der Waals surface area contributed by atoms with Crippen LogP contribution in [0.5, 0.6) is 11.5 Å². The third kappa shape index (κ3) is 2.02. The molecule has 5 nitrogen and oxygen atoms in total. The molecule has 0 fully saturated rings. The zero-order valence-electron chi connectivity index (χ0n) is 9.77. The Labute approximate surface area is 113 Å². The summed E-state index contributed by atoms with van der Waals surface area (Å²) in [5, 5.41) is 9.52. The van der Waals surface area contributed by atoms with Crippen LogP contribution in [0.3, 0.4) is 0 Å². The summed E-state index contributed by atoms with van der Waals surface area (Å²) in [6.07, 6.45) is 3.05. The third-order valence-corrected chi connectivity index (χ3v) is 3.16. The minimum Gasteiger partial charge on any atom is -0.486 e. The summed E-state index contributed by atoms with van der Waals surface area (Å²) in [6, 6.07) is 3.40. The zero-order chi connectivity index (χ0) is 13.4. The zero-order valence-corrected chi connectivity index (χ0v) is 10.5. The van der Waals surface area contributed by atoms with E-state index < -0.39 is 5.97 Å². The lowest BCUT2D eigenvalue weighted by molar-refractivity contribution is 0.0698. The Morgan fingerprint density at radius 2 is 2.05 bits per heavy atom. The first-order valence-electron chi connectivity index (χ1n) is 5.66. The molecular formula is C13H10ClNO4. The lowest BCUT2D eigenvalue weighted by Gasteiger charge is -2.20. The second kappa shape index (κ2) is 4.51. The summed E-state index contributed by atoms with van der Waals surface area (Å²) in [5.74, 6) is 0.0395. The molecule has 0 unspecified atom stereocenters. The summed E-state index contributed by atoms with van der Waals surface area (Å²) >= 11 is 6.13. The predicted octanol–water partition coefficient (Wildman–Crippen LogP) is 2.80. The van der Waals surface area contributed by atoms with Gasteiger partial charge in [-0.2, -0.15) is 0 Å². The van der Waals surface area contributed by atoms with E-state index in [0.717, 1.165) is 0 Å². The quantitative estimate of drug-likeness (QED) is 0.887. The molecule has 98 valence electrons. The van der Waals surface area contributed by atoms with Crippen LogP contribution in [0.2, 0.25) is 5.02 Å². The normalized spacial score (nSPS) is 13.3. The lowest BCUT2D eigenvalue weighted by atomic mass is 10.0. The van der Waals surface area contributed by atoms with E-state index in [1.807, 2.05) is 0 Å². The van der Waals surface area contributed by atoms with Crippen molar-refractivity contribution in [2.24, 2.45) is 0 Å². The first kappa shape index (κ1) is 11.9. The molecule has 0 radical (unpaired) electrons. The molecule has 0 amide bonds. The minimum absolute atomic E-state index is 0.188. The Morgan fingerprint density at radius 1 is 1.26 bits per heavy atom. The molecule has 2 heterocycles. The number of fused-ring (bicyclic) bond motifs is 1. The van der Waals surface area contributed by atoms with Gasteiger partial charge in [0, 0.05) is 18.0 Å². The fourth-order valence-corrected chi connectivity index (χ4v) is 2.31. The SMILES string of the molecule is O=C(O)c1c[nH]cc1-c1cc(Cl)c2c(c1)OCCO2. The van der Waals surface area contributed by atoms with Gasteiger partial charge >= 0.3 is 5.97 Å². The van der Waals surface area contributed by atoms with Gasteiger partial charge in [0.2, 0.25) is 0 Å². The molecule has 2 N–H and O–H groups in total. The van der Waals surface area contributed by atoms with Crippen molar-refractivity contribution in [3.8, 4) is 22.6 Å². The molecule has 1 aliphatic rings. The summed E-state index contributed by atoms with van der Waals surface area (Å²) in [6.45, 7) is 0.905. The smallest absolute Gasteiger partial charge is 0.337 e. The monoisotopic (exact) mass is 279 g/mol. The number of aromatic carboxylic acids is 1. The Balaban J connectivity index is 2.13. The van der Waals surface area contributed by atoms with Crippen LogP contribution in [-0.4, -0.2) is 29.3 Å². The van der Waals surface area contributed by atoms with Crippen LogP contribution >= 0.6 is 11.6 Å². The maximum atomic E-state index is 11.1. The fourth-order valence-electron chi connectivity index (χ4n) is 2.05. The van der Waals surface area contributed by atoms with Crippen LogP contribution in [-0.2, 0) is 0 Å². The second-order valence-electron chi connectivity index (χ2n) is 4.07. The van der Waals surface area contributed by atoms with E-state index >= 15 is 0 Å².